The first-order chi connectivity index (χ1) is 35.4. The van der Waals surface area contributed by atoms with Gasteiger partial charge in [0, 0.05) is 110 Å². The molecular formula is C62H57N6OPt-3. The Kier molecular flexibility index (Phi) is 8.97. The summed E-state index contributed by atoms with van der Waals surface area (Å²) in [6.45, 7) is 16.0. The van der Waals surface area contributed by atoms with Gasteiger partial charge < -0.3 is 28.2 Å². The zero-order valence-electron chi connectivity index (χ0n) is 46.8. The fourth-order valence-corrected chi connectivity index (χ4v) is 10.2. The van der Waals surface area contributed by atoms with Crippen LogP contribution in [0.5, 0.6) is 11.5 Å². The van der Waals surface area contributed by atoms with Crippen molar-refractivity contribution < 1.29 is 34.0 Å². The quantitative estimate of drug-likeness (QED) is 0.161. The maximum Gasteiger partial charge on any atom is 0.135 e. The molecule has 0 saturated heterocycles. The van der Waals surface area contributed by atoms with Gasteiger partial charge in [0.05, 0.1) is 16.7 Å². The number of hydrogen-bond acceptors (Lipinski definition) is 4. The zero-order chi connectivity index (χ0) is 52.9. The monoisotopic (exact) mass is 1100 g/mol. The summed E-state index contributed by atoms with van der Waals surface area (Å²) in [6, 6.07) is 51.2. The molecule has 11 aromatic rings. The number of rotatable bonds is 5. The van der Waals surface area contributed by atoms with Crippen LogP contribution in [0.25, 0.3) is 71.2 Å². The van der Waals surface area contributed by atoms with Gasteiger partial charge >= 0.3 is 0 Å². The van der Waals surface area contributed by atoms with Gasteiger partial charge in [-0.1, -0.05) is 110 Å². The molecule has 8 heteroatoms. The number of pyridine rings is 1. The average Bonchev–Trinajstić information content (AvgIpc) is 4.24. The topological polar surface area (TPSA) is 43.4 Å². The number of ether oxygens (including phenoxy) is 1. The van der Waals surface area contributed by atoms with Gasteiger partial charge in [0.1, 0.15) is 5.82 Å². The van der Waals surface area contributed by atoms with E-state index in [4.69, 9.17) is 9.72 Å². The molecule has 7 aromatic carbocycles. The van der Waals surface area contributed by atoms with Gasteiger partial charge in [-0.3, -0.25) is 0 Å². The van der Waals surface area contributed by atoms with Crippen molar-refractivity contribution in [1.29, 1.82) is 0 Å². The largest absolute Gasteiger partial charge is 0.509 e. The van der Waals surface area contributed by atoms with Gasteiger partial charge in [0.15, 0.2) is 0 Å². The number of nitrogens with zero attached hydrogens (tertiary/aromatic N) is 6. The number of hydrogen-bond donors (Lipinski definition) is 0. The Morgan fingerprint density at radius 1 is 0.514 bits per heavy atom. The predicted molar refractivity (Wildman–Crippen MR) is 288 cm³/mol. The van der Waals surface area contributed by atoms with Gasteiger partial charge in [-0.25, -0.2) is 4.98 Å². The minimum absolute atomic E-state index is 0. The SMILES string of the molecule is [2H]C([2H])([2H])n1c2ccc(C(C)(C)C)cc2c2cc3c4cc(C(C)(C)C)ccc4n(C([2H])([2H])[2H])c3c(N3[CH-]N(c4[c-]c(Oc5[c-]c6c(cc5)c5ccccc5n6-c5cc(C(C)(C)C)ccn5)ccc4)c4ccccc43)c21.[Pt]. The molecule has 0 atom stereocenters. The molecule has 0 spiro atoms. The molecule has 1 aliphatic heterocycles. The molecule has 12 rings (SSSR count). The first-order valence-corrected chi connectivity index (χ1v) is 23.6. The smallest absolute Gasteiger partial charge is 0.135 e. The predicted octanol–water partition coefficient (Wildman–Crippen LogP) is 16.2. The average molecular weight is 1100 g/mol. The van der Waals surface area contributed by atoms with Crippen LogP contribution in [0.4, 0.5) is 22.7 Å². The van der Waals surface area contributed by atoms with Crippen LogP contribution < -0.4 is 14.5 Å². The summed E-state index contributed by atoms with van der Waals surface area (Å²) >= 11 is 0. The first-order valence-electron chi connectivity index (χ1n) is 26.6. The molecule has 354 valence electrons. The maximum atomic E-state index is 9.19. The van der Waals surface area contributed by atoms with Gasteiger partial charge in [-0.2, -0.15) is 12.1 Å². The van der Waals surface area contributed by atoms with Gasteiger partial charge in [-0.05, 0) is 99.0 Å². The summed E-state index contributed by atoms with van der Waals surface area (Å²) in [7, 11) is 0. The molecule has 0 aliphatic carbocycles. The molecule has 70 heavy (non-hydrogen) atoms. The molecule has 0 N–H and O–H groups in total. The van der Waals surface area contributed by atoms with E-state index < -0.39 is 14.0 Å². The normalized spacial score (nSPS) is 15.0. The Balaban J connectivity index is 0.00000616. The fourth-order valence-electron chi connectivity index (χ4n) is 10.2. The van der Waals surface area contributed by atoms with Crippen molar-refractivity contribution in [3.05, 3.63) is 175 Å². The van der Waals surface area contributed by atoms with E-state index in [1.54, 1.807) is 0 Å². The number of aryl methyl sites for hydroxylation is 2. The minimum Gasteiger partial charge on any atom is -0.509 e. The second-order valence-electron chi connectivity index (χ2n) is 21.6. The van der Waals surface area contributed by atoms with Gasteiger partial charge in [-0.15, -0.1) is 48.1 Å². The molecule has 4 aromatic heterocycles. The van der Waals surface area contributed by atoms with E-state index in [1.807, 2.05) is 114 Å². The summed E-state index contributed by atoms with van der Waals surface area (Å²) in [5, 5.41) is 5.05. The van der Waals surface area contributed by atoms with Crippen molar-refractivity contribution in [1.82, 2.24) is 18.7 Å². The van der Waals surface area contributed by atoms with Crippen LogP contribution >= 0.6 is 0 Å². The molecule has 1 aliphatic rings. The van der Waals surface area contributed by atoms with E-state index in [2.05, 4.69) is 121 Å². The molecule has 0 saturated carbocycles. The number of para-hydroxylation sites is 3. The number of fused-ring (bicyclic) bond motifs is 10. The van der Waals surface area contributed by atoms with E-state index in [1.165, 1.54) is 14.7 Å². The third kappa shape index (κ3) is 7.14. The van der Waals surface area contributed by atoms with Crippen LogP contribution in [0, 0.1) is 18.8 Å². The Labute approximate surface area is 433 Å². The summed E-state index contributed by atoms with van der Waals surface area (Å²) in [6.07, 6.45) is 1.86. The van der Waals surface area contributed by atoms with Crippen LogP contribution in [0.15, 0.2) is 140 Å². The first kappa shape index (κ1) is 39.0. The van der Waals surface area contributed by atoms with Crippen molar-refractivity contribution in [2.45, 2.75) is 78.6 Å². The number of aromatic nitrogens is 4. The standard InChI is InChI=1S/C62H57N6O.Pt/c1-60(2,3)38-23-27-50-46(31-38)48-36-49-47-32-39(61(4,5)6)24-28-51(47)65(11)58(49)59(57(48)64(50)10)67-37-66(53-21-14-15-22-54(53)67)41-17-16-18-42(34-41)69-43-25-26-45-44-19-12-13-20-52(44)68(55(45)35-43)56-33-40(29-30-63-56)62(7,8)9;/h12-33,36-37H,1-11H3;/q-3;/i10D3,11D3;. The van der Waals surface area contributed by atoms with Crippen molar-refractivity contribution in [3.63, 3.8) is 0 Å². The van der Waals surface area contributed by atoms with Crippen molar-refractivity contribution in [2.75, 3.05) is 9.80 Å². The van der Waals surface area contributed by atoms with Crippen LogP contribution in [-0.4, -0.2) is 18.7 Å². The van der Waals surface area contributed by atoms with Crippen LogP contribution in [0.3, 0.4) is 0 Å². The van der Waals surface area contributed by atoms with E-state index in [0.29, 0.717) is 55.7 Å². The van der Waals surface area contributed by atoms with E-state index in [0.717, 1.165) is 60.9 Å². The Morgan fingerprint density at radius 2 is 1.10 bits per heavy atom. The zero-order valence-corrected chi connectivity index (χ0v) is 43.0. The fraction of sp³-hybridized carbons (Fsp3) is 0.226. The third-order valence-electron chi connectivity index (χ3n) is 14.0. The summed E-state index contributed by atoms with van der Waals surface area (Å²) < 4.78 is 66.8. The van der Waals surface area contributed by atoms with Crippen molar-refractivity contribution in [2.24, 2.45) is 14.0 Å². The molecule has 0 amide bonds. The van der Waals surface area contributed by atoms with E-state index >= 15 is 0 Å². The Bertz CT molecular complexity index is 4020. The summed E-state index contributed by atoms with van der Waals surface area (Å²) in [4.78, 5) is 8.80. The molecule has 0 bridgehead atoms. The second kappa shape index (κ2) is 16.1. The van der Waals surface area contributed by atoms with Crippen molar-refractivity contribution >= 4 is 88.2 Å². The Hall–Kier alpha value is -6.82. The van der Waals surface area contributed by atoms with Gasteiger partial charge in [0.25, 0.3) is 0 Å². The maximum absolute atomic E-state index is 9.19. The number of anilines is 4. The van der Waals surface area contributed by atoms with Crippen LogP contribution in [0.1, 0.15) is 87.2 Å². The van der Waals surface area contributed by atoms with Crippen LogP contribution in [0.2, 0.25) is 0 Å². The summed E-state index contributed by atoms with van der Waals surface area (Å²) in [5.74, 6) is 1.73. The second-order valence-corrected chi connectivity index (χ2v) is 21.6. The molecule has 0 unspecified atom stereocenters. The van der Waals surface area contributed by atoms with E-state index in [-0.39, 0.29) is 37.3 Å². The molecule has 7 nitrogen and oxygen atoms in total. The number of benzene rings is 7. The third-order valence-corrected chi connectivity index (χ3v) is 14.0. The van der Waals surface area contributed by atoms with Crippen LogP contribution in [-0.2, 0) is 51.3 Å². The van der Waals surface area contributed by atoms with Gasteiger partial charge in [0.2, 0.25) is 0 Å². The van der Waals surface area contributed by atoms with E-state index in [9.17, 15) is 8.22 Å². The molecule has 5 heterocycles. The molecular weight excluding hydrogens is 1040 g/mol. The molecule has 0 radical (unpaired) electrons. The minimum atomic E-state index is -2.67. The Morgan fingerprint density at radius 3 is 1.73 bits per heavy atom. The summed E-state index contributed by atoms with van der Waals surface area (Å²) in [5.41, 5.74) is 8.94. The van der Waals surface area contributed by atoms with Crippen molar-refractivity contribution in [3.8, 4) is 17.3 Å². The molecule has 0 fully saturated rings.